The molecule has 0 fully saturated rings. The molecule has 0 saturated carbocycles. The van der Waals surface area contributed by atoms with Crippen molar-refractivity contribution in [2.24, 2.45) is 0 Å². The molecule has 0 amide bonds. The van der Waals surface area contributed by atoms with Gasteiger partial charge in [-0.2, -0.15) is 0 Å². The lowest BCUT2D eigenvalue weighted by atomic mass is 10.1. The third kappa shape index (κ3) is 3.16. The molecule has 98 valence electrons. The van der Waals surface area contributed by atoms with Gasteiger partial charge in [0.1, 0.15) is 11.6 Å². The highest BCUT2D eigenvalue weighted by Gasteiger charge is 2.12. The van der Waals surface area contributed by atoms with Crippen molar-refractivity contribution >= 4 is 11.6 Å². The van der Waals surface area contributed by atoms with Crippen LogP contribution in [0, 0.1) is 5.82 Å². The molecular weight excluding hydrogens is 243 g/mol. The smallest absolute Gasteiger partial charge is 0.163 e. The highest BCUT2D eigenvalue weighted by Crippen LogP contribution is 2.18. The average Bonchev–Trinajstić information content (AvgIpc) is 2.41. The Kier molecular flexibility index (Phi) is 3.90. The van der Waals surface area contributed by atoms with Crippen molar-refractivity contribution in [3.8, 4) is 0 Å². The Hall–Kier alpha value is -2.23. The van der Waals surface area contributed by atoms with Gasteiger partial charge in [-0.1, -0.05) is 12.1 Å². The quantitative estimate of drug-likeness (QED) is 0.790. The Morgan fingerprint density at radius 2 is 1.95 bits per heavy atom. The minimum Gasteiger partial charge on any atom is -0.355 e. The number of aromatic nitrogens is 1. The third-order valence-electron chi connectivity index (χ3n) is 2.86. The molecule has 0 saturated heterocycles. The Morgan fingerprint density at radius 3 is 2.58 bits per heavy atom. The van der Waals surface area contributed by atoms with Crippen LogP contribution in [0.5, 0.6) is 0 Å². The summed E-state index contributed by atoms with van der Waals surface area (Å²) in [5.41, 5.74) is 1.55. The van der Waals surface area contributed by atoms with Gasteiger partial charge in [-0.15, -0.1) is 0 Å². The minimum atomic E-state index is -0.256. The summed E-state index contributed by atoms with van der Waals surface area (Å²) in [6.07, 6.45) is 1.66. The van der Waals surface area contributed by atoms with E-state index in [4.69, 9.17) is 0 Å². The molecule has 0 radical (unpaired) electrons. The van der Waals surface area contributed by atoms with Gasteiger partial charge in [-0.3, -0.25) is 4.79 Å². The van der Waals surface area contributed by atoms with E-state index >= 15 is 0 Å². The van der Waals surface area contributed by atoms with E-state index in [0.29, 0.717) is 17.9 Å². The summed E-state index contributed by atoms with van der Waals surface area (Å²) in [5, 5.41) is 0. The number of nitrogens with zero attached hydrogens (tertiary/aromatic N) is 2. The first-order chi connectivity index (χ1) is 9.08. The minimum absolute atomic E-state index is 0.0194. The molecule has 0 aliphatic carbocycles. The lowest BCUT2D eigenvalue weighted by Crippen LogP contribution is -2.20. The molecule has 0 aliphatic rings. The van der Waals surface area contributed by atoms with E-state index in [1.165, 1.54) is 19.1 Å². The second-order valence-corrected chi connectivity index (χ2v) is 4.41. The maximum absolute atomic E-state index is 12.8. The molecule has 4 heteroatoms. The first-order valence-corrected chi connectivity index (χ1v) is 5.99. The monoisotopic (exact) mass is 258 g/mol. The van der Waals surface area contributed by atoms with Crippen LogP contribution in [0.3, 0.4) is 0 Å². The van der Waals surface area contributed by atoms with Gasteiger partial charge < -0.3 is 4.90 Å². The zero-order valence-electron chi connectivity index (χ0n) is 10.9. The number of hydrogen-bond donors (Lipinski definition) is 0. The zero-order chi connectivity index (χ0) is 13.8. The van der Waals surface area contributed by atoms with E-state index in [1.807, 2.05) is 11.9 Å². The van der Waals surface area contributed by atoms with E-state index < -0.39 is 0 Å². The fourth-order valence-electron chi connectivity index (χ4n) is 1.91. The predicted octanol–water partition coefficient (Wildman–Crippen LogP) is 3.06. The number of hydrogen-bond acceptors (Lipinski definition) is 3. The van der Waals surface area contributed by atoms with E-state index in [-0.39, 0.29) is 11.6 Å². The number of ketones is 1. The molecular formula is C15H15FN2O. The van der Waals surface area contributed by atoms with Gasteiger partial charge in [-0.25, -0.2) is 9.37 Å². The fourth-order valence-corrected chi connectivity index (χ4v) is 1.91. The largest absolute Gasteiger partial charge is 0.355 e. The highest BCUT2D eigenvalue weighted by atomic mass is 19.1. The van der Waals surface area contributed by atoms with Gasteiger partial charge in [0.25, 0.3) is 0 Å². The molecule has 19 heavy (non-hydrogen) atoms. The summed E-state index contributed by atoms with van der Waals surface area (Å²) >= 11 is 0. The summed E-state index contributed by atoms with van der Waals surface area (Å²) in [7, 11) is 1.86. The van der Waals surface area contributed by atoms with Crippen LogP contribution >= 0.6 is 0 Å². The summed E-state index contributed by atoms with van der Waals surface area (Å²) in [6.45, 7) is 2.09. The number of rotatable bonds is 4. The van der Waals surface area contributed by atoms with E-state index in [2.05, 4.69) is 4.98 Å². The fraction of sp³-hybridized carbons (Fsp3) is 0.200. The summed E-state index contributed by atoms with van der Waals surface area (Å²) in [5.74, 6) is 0.363. The Labute approximate surface area is 111 Å². The molecule has 0 N–H and O–H groups in total. The van der Waals surface area contributed by atoms with Crippen molar-refractivity contribution in [1.29, 1.82) is 0 Å². The van der Waals surface area contributed by atoms with Crippen molar-refractivity contribution in [3.63, 3.8) is 0 Å². The molecule has 1 heterocycles. The van der Waals surface area contributed by atoms with Gasteiger partial charge in [0.2, 0.25) is 0 Å². The third-order valence-corrected chi connectivity index (χ3v) is 2.86. The van der Waals surface area contributed by atoms with Crippen molar-refractivity contribution in [3.05, 3.63) is 59.5 Å². The average molecular weight is 258 g/mol. The predicted molar refractivity (Wildman–Crippen MR) is 72.7 cm³/mol. The first-order valence-electron chi connectivity index (χ1n) is 5.99. The molecule has 0 unspecified atom stereocenters. The van der Waals surface area contributed by atoms with Crippen molar-refractivity contribution in [1.82, 2.24) is 4.98 Å². The van der Waals surface area contributed by atoms with Crippen LogP contribution in [0.25, 0.3) is 0 Å². The Balaban J connectivity index is 2.22. The molecule has 0 bridgehead atoms. The van der Waals surface area contributed by atoms with Crippen LogP contribution in [-0.2, 0) is 6.54 Å². The van der Waals surface area contributed by atoms with Crippen LogP contribution in [0.1, 0.15) is 22.8 Å². The summed E-state index contributed by atoms with van der Waals surface area (Å²) < 4.78 is 12.8. The summed E-state index contributed by atoms with van der Waals surface area (Å²) in [6, 6.07) is 9.79. The van der Waals surface area contributed by atoms with Crippen molar-refractivity contribution in [2.45, 2.75) is 13.5 Å². The van der Waals surface area contributed by atoms with Crippen molar-refractivity contribution in [2.75, 3.05) is 11.9 Å². The maximum atomic E-state index is 12.8. The van der Waals surface area contributed by atoms with Gasteiger partial charge in [0.15, 0.2) is 5.78 Å². The SMILES string of the molecule is CC(=O)c1cccnc1N(C)Cc1ccc(F)cc1. The number of halogens is 1. The maximum Gasteiger partial charge on any atom is 0.163 e. The highest BCUT2D eigenvalue weighted by molar-refractivity contribution is 5.98. The standard InChI is InChI=1S/C15H15FN2O/c1-11(19)14-4-3-9-17-15(14)18(2)10-12-5-7-13(16)8-6-12/h3-9H,10H2,1-2H3. The number of benzene rings is 1. The van der Waals surface area contributed by atoms with Crippen LogP contribution in [0.2, 0.25) is 0 Å². The van der Waals surface area contributed by atoms with Crippen LogP contribution < -0.4 is 4.90 Å². The van der Waals surface area contributed by atoms with Gasteiger partial charge in [0, 0.05) is 19.8 Å². The molecule has 1 aromatic heterocycles. The topological polar surface area (TPSA) is 33.2 Å². The molecule has 3 nitrogen and oxygen atoms in total. The van der Waals surface area contributed by atoms with Gasteiger partial charge >= 0.3 is 0 Å². The lowest BCUT2D eigenvalue weighted by Gasteiger charge is -2.20. The first kappa shape index (κ1) is 13.2. The van der Waals surface area contributed by atoms with E-state index in [1.54, 1.807) is 30.5 Å². The second kappa shape index (κ2) is 5.61. The number of carbonyl (C=O) groups is 1. The van der Waals surface area contributed by atoms with Crippen LogP contribution in [0.15, 0.2) is 42.6 Å². The molecule has 1 aromatic carbocycles. The van der Waals surface area contributed by atoms with Gasteiger partial charge in [-0.05, 0) is 36.8 Å². The Bertz CT molecular complexity index is 581. The molecule has 0 spiro atoms. The lowest BCUT2D eigenvalue weighted by molar-refractivity contribution is 0.101. The van der Waals surface area contributed by atoms with Gasteiger partial charge in [0.05, 0.1) is 5.56 Å². The van der Waals surface area contributed by atoms with Crippen molar-refractivity contribution < 1.29 is 9.18 Å². The van der Waals surface area contributed by atoms with E-state index in [9.17, 15) is 9.18 Å². The molecule has 0 aliphatic heterocycles. The van der Waals surface area contributed by atoms with Crippen LogP contribution in [0.4, 0.5) is 10.2 Å². The normalized spacial score (nSPS) is 10.3. The molecule has 2 rings (SSSR count). The van der Waals surface area contributed by atoms with E-state index in [0.717, 1.165) is 5.56 Å². The number of anilines is 1. The zero-order valence-corrected chi connectivity index (χ0v) is 10.9. The number of Topliss-reactive ketones (excluding diaryl/α,β-unsaturated/α-hetero) is 1. The van der Waals surface area contributed by atoms with Crippen LogP contribution in [-0.4, -0.2) is 17.8 Å². The molecule has 2 aromatic rings. The number of carbonyl (C=O) groups excluding carboxylic acids is 1. The Morgan fingerprint density at radius 1 is 1.26 bits per heavy atom. The molecule has 0 atom stereocenters. The second-order valence-electron chi connectivity index (χ2n) is 4.41. The number of pyridine rings is 1. The summed E-state index contributed by atoms with van der Waals surface area (Å²) in [4.78, 5) is 17.7.